The van der Waals surface area contributed by atoms with Crippen LogP contribution in [0.2, 0.25) is 5.02 Å². The number of hydrogen-bond acceptors (Lipinski definition) is 5. The van der Waals surface area contributed by atoms with Crippen LogP contribution in [0, 0.1) is 10.4 Å². The van der Waals surface area contributed by atoms with Gasteiger partial charge in [0.15, 0.2) is 11.4 Å². The highest BCUT2D eigenvalue weighted by Crippen LogP contribution is 2.18. The average molecular weight is 326 g/mol. The molecule has 2 unspecified atom stereocenters. The number of halogens is 1. The summed E-state index contributed by atoms with van der Waals surface area (Å²) in [6.45, 7) is 0. The van der Waals surface area contributed by atoms with E-state index in [-0.39, 0.29) is 16.9 Å². The Labute approximate surface area is 129 Å². The van der Waals surface area contributed by atoms with E-state index in [1.165, 1.54) is 6.07 Å². The summed E-state index contributed by atoms with van der Waals surface area (Å²) in [7, 11) is 0. The molecule has 0 saturated carbocycles. The minimum atomic E-state index is -1.32. The second-order valence-corrected chi connectivity index (χ2v) is 4.81. The van der Waals surface area contributed by atoms with E-state index < -0.39 is 16.4 Å². The van der Waals surface area contributed by atoms with Crippen molar-refractivity contribution in [2.75, 3.05) is 5.32 Å². The van der Waals surface area contributed by atoms with Crippen LogP contribution in [0.5, 0.6) is 0 Å². The molecule has 0 fully saturated rings. The first-order valence-electron chi connectivity index (χ1n) is 6.05. The van der Waals surface area contributed by atoms with Crippen molar-refractivity contribution >= 4 is 34.6 Å². The third kappa shape index (κ3) is 4.00. The van der Waals surface area contributed by atoms with E-state index in [2.05, 4.69) is 5.32 Å². The van der Waals surface area contributed by atoms with Gasteiger partial charge in [0, 0.05) is 22.8 Å². The molecule has 2 atom stereocenters. The summed E-state index contributed by atoms with van der Waals surface area (Å²) in [4.78, 5) is 12.1. The van der Waals surface area contributed by atoms with Crippen LogP contribution in [0.1, 0.15) is 10.4 Å². The number of carbonyl (C=O) groups excluding carboxylic acids is 1. The van der Waals surface area contributed by atoms with E-state index in [4.69, 9.17) is 22.0 Å². The van der Waals surface area contributed by atoms with Crippen LogP contribution in [-0.4, -0.2) is 16.3 Å². The van der Waals surface area contributed by atoms with Crippen LogP contribution >= 0.6 is 11.6 Å². The highest BCUT2D eigenvalue weighted by molar-refractivity contribution is 6.30. The van der Waals surface area contributed by atoms with E-state index in [1.54, 1.807) is 18.2 Å². The van der Waals surface area contributed by atoms with Crippen LogP contribution in [0.25, 0.3) is 0 Å². The minimum absolute atomic E-state index is 0.0720. The Bertz CT molecular complexity index is 667. The van der Waals surface area contributed by atoms with Gasteiger partial charge in [-0.05, 0) is 18.2 Å². The number of anilines is 1. The predicted octanol–water partition coefficient (Wildman–Crippen LogP) is 0.399. The number of carbonyl (C=O) groups is 1. The lowest BCUT2D eigenvalue weighted by molar-refractivity contribution is -0.996. The normalized spacial score (nSPS) is 13.5. The Morgan fingerprint density at radius 3 is 2.14 bits per heavy atom. The molecule has 0 aromatic heterocycles. The molecule has 5 N–H and O–H groups in total. The Balaban J connectivity index is 2.32. The topological polar surface area (TPSA) is 125 Å². The van der Waals surface area contributed by atoms with Gasteiger partial charge < -0.3 is 15.7 Å². The molecule has 0 spiro atoms. The summed E-state index contributed by atoms with van der Waals surface area (Å²) in [6, 6.07) is 9.57. The second kappa shape index (κ2) is 6.81. The van der Waals surface area contributed by atoms with Gasteiger partial charge in [0.2, 0.25) is 0 Å². The SMILES string of the molecule is O=C(Nc1cccc(Cl)c1)c1cc([NH+]([O-])O)cc([NH+]([O-])O)c1. The summed E-state index contributed by atoms with van der Waals surface area (Å²) in [5, 5.41) is 40.3. The van der Waals surface area contributed by atoms with Crippen molar-refractivity contribution in [2.45, 2.75) is 0 Å². The molecule has 0 aliphatic rings. The van der Waals surface area contributed by atoms with Crippen molar-refractivity contribution in [1.82, 2.24) is 0 Å². The Morgan fingerprint density at radius 2 is 1.64 bits per heavy atom. The summed E-state index contributed by atoms with van der Waals surface area (Å²) < 4.78 is 0. The van der Waals surface area contributed by atoms with Crippen molar-refractivity contribution < 1.29 is 25.7 Å². The minimum Gasteiger partial charge on any atom is -0.595 e. The molecule has 0 bridgehead atoms. The molecule has 2 aromatic carbocycles. The van der Waals surface area contributed by atoms with E-state index in [1.807, 2.05) is 0 Å². The van der Waals surface area contributed by atoms with Crippen molar-refractivity contribution in [3.63, 3.8) is 0 Å². The molecule has 0 heterocycles. The number of nitrogens with one attached hydrogen (secondary N) is 3. The van der Waals surface area contributed by atoms with Crippen LogP contribution in [-0.2, 0) is 0 Å². The number of quaternary nitrogens is 2. The molecule has 2 rings (SSSR count). The van der Waals surface area contributed by atoms with Crippen LogP contribution < -0.4 is 15.8 Å². The molecular formula is C13H12ClN3O5. The molecule has 9 heteroatoms. The predicted molar refractivity (Wildman–Crippen MR) is 77.4 cm³/mol. The summed E-state index contributed by atoms with van der Waals surface area (Å²) >= 11 is 5.80. The molecule has 22 heavy (non-hydrogen) atoms. The first-order valence-corrected chi connectivity index (χ1v) is 6.43. The van der Waals surface area contributed by atoms with E-state index >= 15 is 0 Å². The lowest BCUT2D eigenvalue weighted by Gasteiger charge is -2.17. The van der Waals surface area contributed by atoms with Gasteiger partial charge in [-0.1, -0.05) is 17.7 Å². The lowest BCUT2D eigenvalue weighted by Crippen LogP contribution is -3.00. The highest BCUT2D eigenvalue weighted by Gasteiger charge is 2.15. The van der Waals surface area contributed by atoms with Crippen molar-refractivity contribution in [2.24, 2.45) is 0 Å². The largest absolute Gasteiger partial charge is 0.595 e. The average Bonchev–Trinajstić information content (AvgIpc) is 2.46. The van der Waals surface area contributed by atoms with Gasteiger partial charge in [-0.25, -0.2) is 10.4 Å². The van der Waals surface area contributed by atoms with E-state index in [0.717, 1.165) is 18.2 Å². The molecule has 8 nitrogen and oxygen atoms in total. The Morgan fingerprint density at radius 1 is 1.05 bits per heavy atom. The van der Waals surface area contributed by atoms with Gasteiger partial charge >= 0.3 is 0 Å². The molecule has 1 amide bonds. The van der Waals surface area contributed by atoms with Gasteiger partial charge in [-0.3, -0.25) is 4.79 Å². The summed E-state index contributed by atoms with van der Waals surface area (Å²) in [5.41, 5.74) is -0.223. The smallest absolute Gasteiger partial charge is 0.256 e. The maximum absolute atomic E-state index is 12.1. The third-order valence-corrected chi connectivity index (χ3v) is 3.01. The molecule has 0 radical (unpaired) electrons. The Kier molecular flexibility index (Phi) is 5.06. The van der Waals surface area contributed by atoms with Gasteiger partial charge in [0.25, 0.3) is 5.91 Å². The fraction of sp³-hybridized carbons (Fsp3) is 0. The van der Waals surface area contributed by atoms with Gasteiger partial charge in [0.05, 0.1) is 11.6 Å². The number of amides is 1. The quantitative estimate of drug-likeness (QED) is 0.520. The van der Waals surface area contributed by atoms with E-state index in [0.29, 0.717) is 10.7 Å². The monoisotopic (exact) mass is 325 g/mol. The fourth-order valence-electron chi connectivity index (χ4n) is 1.78. The Hall–Kier alpha value is -2.04. The molecular weight excluding hydrogens is 314 g/mol. The lowest BCUT2D eigenvalue weighted by atomic mass is 10.1. The number of benzene rings is 2. The van der Waals surface area contributed by atoms with Crippen molar-refractivity contribution in [3.8, 4) is 0 Å². The highest BCUT2D eigenvalue weighted by atomic mass is 35.5. The summed E-state index contributed by atoms with van der Waals surface area (Å²) in [5.74, 6) is -0.632. The fourth-order valence-corrected chi connectivity index (χ4v) is 1.97. The maximum atomic E-state index is 12.1. The first-order chi connectivity index (χ1) is 10.4. The summed E-state index contributed by atoms with van der Waals surface area (Å²) in [6.07, 6.45) is 0. The zero-order chi connectivity index (χ0) is 16.3. The number of hydrogen-bond donors (Lipinski definition) is 5. The number of rotatable bonds is 4. The van der Waals surface area contributed by atoms with Crippen LogP contribution in [0.15, 0.2) is 42.5 Å². The van der Waals surface area contributed by atoms with Crippen LogP contribution in [0.4, 0.5) is 17.1 Å². The van der Waals surface area contributed by atoms with Crippen LogP contribution in [0.3, 0.4) is 0 Å². The van der Waals surface area contributed by atoms with E-state index in [9.17, 15) is 15.2 Å². The van der Waals surface area contributed by atoms with Crippen molar-refractivity contribution in [3.05, 3.63) is 63.5 Å². The van der Waals surface area contributed by atoms with Crippen molar-refractivity contribution in [1.29, 1.82) is 0 Å². The molecule has 0 aliphatic heterocycles. The zero-order valence-electron chi connectivity index (χ0n) is 11.0. The molecule has 116 valence electrons. The van der Waals surface area contributed by atoms with Gasteiger partial charge in [-0.15, -0.1) is 0 Å². The molecule has 0 aliphatic carbocycles. The first kappa shape index (κ1) is 16.3. The zero-order valence-corrected chi connectivity index (χ0v) is 11.8. The van der Waals surface area contributed by atoms with Gasteiger partial charge in [-0.2, -0.15) is 10.5 Å². The maximum Gasteiger partial charge on any atom is 0.256 e. The van der Waals surface area contributed by atoms with Gasteiger partial charge in [0.1, 0.15) is 0 Å². The third-order valence-electron chi connectivity index (χ3n) is 2.77. The second-order valence-electron chi connectivity index (χ2n) is 4.37. The standard InChI is InChI=1S/C13H12ClN3O5/c14-9-2-1-3-10(6-9)15-13(18)8-4-11(16(19)20)7-12(5-8)17(21)22/h1-7,16-17,19,21H,(H,15,18). The molecule has 0 saturated heterocycles. The molecule has 2 aromatic rings.